The van der Waals surface area contributed by atoms with E-state index in [1.165, 1.54) is 0 Å². The van der Waals surface area contributed by atoms with Crippen molar-refractivity contribution in [2.75, 3.05) is 76.2 Å². The van der Waals surface area contributed by atoms with Gasteiger partial charge in [0.1, 0.15) is 17.2 Å². The largest absolute Gasteiger partial charge is 0.454 e. The van der Waals surface area contributed by atoms with Gasteiger partial charge in [-0.1, -0.05) is 71.7 Å². The summed E-state index contributed by atoms with van der Waals surface area (Å²) < 4.78 is 92.8. The molecule has 2 aromatic heterocycles. The van der Waals surface area contributed by atoms with Crippen LogP contribution in [0.25, 0.3) is 0 Å². The first-order chi connectivity index (χ1) is 42.2. The van der Waals surface area contributed by atoms with Gasteiger partial charge in [-0.05, 0) is 149 Å². The molecule has 2 aliphatic carbocycles. The maximum atomic E-state index is 13.4. The number of carbonyl (C=O) groups is 3. The summed E-state index contributed by atoms with van der Waals surface area (Å²) in [6.45, 7) is 8.26. The van der Waals surface area contributed by atoms with Crippen molar-refractivity contribution in [1.82, 2.24) is 49.9 Å². The van der Waals surface area contributed by atoms with Gasteiger partial charge in [-0.15, -0.1) is 0 Å². The molecule has 2 atom stereocenters. The van der Waals surface area contributed by atoms with E-state index in [1.54, 1.807) is 65.6 Å². The SMILES string of the molecule is CC(C)(C)OC(=O)N1CCC2(CCN(C(=O)c3ccc(Cc4nc(NC5(c6ccc(Cl)cc6)CC5)nc(OCC(F)(F)F)n4)cc3)C2)C1.O=C(c1ccc(Cc2nc(NC3(c4ccc(Cl)cc4)CC3)nc(OCC(F)(F)F)n2)cc1)N1CCC2(CCNC2)C1. The lowest BCUT2D eigenvalue weighted by Crippen LogP contribution is -2.38. The van der Waals surface area contributed by atoms with Crippen LogP contribution < -0.4 is 25.4 Å². The van der Waals surface area contributed by atoms with Crippen LogP contribution in [0.1, 0.15) is 127 Å². The second-order valence-corrected chi connectivity index (χ2v) is 26.1. The lowest BCUT2D eigenvalue weighted by molar-refractivity contribution is -0.155. The Bertz CT molecular complexity index is 3530. The van der Waals surface area contributed by atoms with Crippen molar-refractivity contribution in [3.63, 3.8) is 0 Å². The summed E-state index contributed by atoms with van der Waals surface area (Å²) in [4.78, 5) is 70.2. The molecular weight excluding hydrogens is 1210 g/mol. The third kappa shape index (κ3) is 16.1. The van der Waals surface area contributed by atoms with E-state index in [0.29, 0.717) is 47.4 Å². The first kappa shape index (κ1) is 63.0. The predicted molar refractivity (Wildman–Crippen MR) is 319 cm³/mol. The highest BCUT2D eigenvalue weighted by Gasteiger charge is 2.49. The number of aromatic nitrogens is 6. The van der Waals surface area contributed by atoms with Gasteiger partial charge < -0.3 is 44.9 Å². The average molecular weight is 1270 g/mol. The zero-order valence-corrected chi connectivity index (χ0v) is 50.9. The number of hydrogen-bond acceptors (Lipinski definition) is 15. The Balaban J connectivity index is 0.000000186. The molecule has 0 bridgehead atoms. The van der Waals surface area contributed by atoms with Gasteiger partial charge >= 0.3 is 30.5 Å². The molecule has 18 nitrogen and oxygen atoms in total. The first-order valence-electron chi connectivity index (χ1n) is 29.6. The number of likely N-dealkylation sites (tertiary alicyclic amines) is 3. The molecule has 4 aliphatic heterocycles. The van der Waals surface area contributed by atoms with E-state index in [9.17, 15) is 40.7 Å². The van der Waals surface area contributed by atoms with Gasteiger partial charge in [0.05, 0.1) is 11.1 Å². The van der Waals surface area contributed by atoms with Crippen LogP contribution in [0.4, 0.5) is 43.0 Å². The summed E-state index contributed by atoms with van der Waals surface area (Å²) >= 11 is 12.1. The Morgan fingerprint density at radius 3 is 1.33 bits per heavy atom. The summed E-state index contributed by atoms with van der Waals surface area (Å²) in [5.41, 5.74) is 3.20. The van der Waals surface area contributed by atoms with E-state index in [2.05, 4.69) is 45.9 Å². The van der Waals surface area contributed by atoms with Crippen molar-refractivity contribution in [2.24, 2.45) is 10.8 Å². The van der Waals surface area contributed by atoms with E-state index < -0.39 is 54.3 Å². The normalized spacial score (nSPS) is 20.7. The summed E-state index contributed by atoms with van der Waals surface area (Å²) in [7, 11) is 0. The standard InChI is InChI=1S/C34H38ClF3N6O4.C29H30ClF3N6O2/c1-31(2,3)48-30(46)44-17-15-32(20-44)14-16-43(19-32)27(45)23-6-4-22(5-7-23)18-26-39-28(41-29(40-26)47-21-34(36,37)38)42-33(12-13-33)24-8-10-25(35)11-9-24;30-22-7-5-21(6-8-22)28(9-10-28)38-25-35-23(36-26(37-25)41-18-29(31,32)33)15-19-1-3-20(4-2-19)24(40)39-14-12-27(17-39)11-13-34-16-27/h4-11H,12-21H2,1-3H3,(H,39,40,41,42);1-8,34H,9-18H2,(H,35,36,37,38). The van der Waals surface area contributed by atoms with Gasteiger partial charge in [0.2, 0.25) is 11.9 Å². The van der Waals surface area contributed by atoms with E-state index in [0.717, 1.165) is 99.8 Å². The maximum absolute atomic E-state index is 13.4. The summed E-state index contributed by atoms with van der Waals surface area (Å²) in [5, 5.41) is 11.2. The molecule has 12 rings (SSSR count). The number of anilines is 2. The Kier molecular flexibility index (Phi) is 17.7. The highest BCUT2D eigenvalue weighted by molar-refractivity contribution is 6.30. The lowest BCUT2D eigenvalue weighted by atomic mass is 9.86. The number of nitrogens with zero attached hydrogens (tertiary/aromatic N) is 9. The van der Waals surface area contributed by atoms with Gasteiger partial charge in [0.15, 0.2) is 13.2 Å². The second-order valence-electron chi connectivity index (χ2n) is 25.2. The van der Waals surface area contributed by atoms with Crippen LogP contribution in [-0.4, -0.2) is 146 Å². The minimum atomic E-state index is -4.56. The second kappa shape index (κ2) is 25.0. The van der Waals surface area contributed by atoms with Gasteiger partial charge in [-0.3, -0.25) is 9.59 Å². The summed E-state index contributed by atoms with van der Waals surface area (Å²) in [5.74, 6) is 0.619. The molecule has 4 aromatic carbocycles. The first-order valence-corrected chi connectivity index (χ1v) is 30.4. The van der Waals surface area contributed by atoms with Gasteiger partial charge in [0.25, 0.3) is 11.8 Å². The highest BCUT2D eigenvalue weighted by Crippen LogP contribution is 2.49. The van der Waals surface area contributed by atoms with Crippen molar-refractivity contribution in [1.29, 1.82) is 0 Å². The van der Waals surface area contributed by atoms with Gasteiger partial charge in [0, 0.05) is 90.7 Å². The molecule has 3 amide bonds. The fourth-order valence-corrected chi connectivity index (χ4v) is 12.3. The highest BCUT2D eigenvalue weighted by atomic mass is 35.5. The molecule has 472 valence electrons. The molecule has 6 heterocycles. The Hall–Kier alpha value is -7.57. The monoisotopic (exact) mass is 1270 g/mol. The lowest BCUT2D eigenvalue weighted by Gasteiger charge is -2.27. The fraction of sp³-hybridized carbons (Fsp3) is 0.476. The fourth-order valence-electron chi connectivity index (χ4n) is 12.0. The maximum Gasteiger partial charge on any atom is 0.422 e. The van der Waals surface area contributed by atoms with Crippen LogP contribution in [0, 0.1) is 10.8 Å². The number of benzene rings is 4. The molecule has 0 radical (unpaired) electrons. The number of rotatable bonds is 16. The average Bonchev–Trinajstić information content (AvgIpc) is 1.73. The van der Waals surface area contributed by atoms with Crippen molar-refractivity contribution in [3.05, 3.63) is 152 Å². The predicted octanol–water partition coefficient (Wildman–Crippen LogP) is 11.6. The Labute approximate surface area is 520 Å². The summed E-state index contributed by atoms with van der Waals surface area (Å²) in [6, 6.07) is 28.1. The summed E-state index contributed by atoms with van der Waals surface area (Å²) in [6.07, 6.45) is -2.13. The number of nitrogens with one attached hydrogen (secondary N) is 3. The number of hydrogen-bond donors (Lipinski definition) is 3. The van der Waals surface area contributed by atoms with Crippen LogP contribution >= 0.6 is 23.2 Å². The van der Waals surface area contributed by atoms with Crippen LogP contribution in [0.2, 0.25) is 10.0 Å². The number of halogens is 8. The molecule has 89 heavy (non-hydrogen) atoms. The Morgan fingerprint density at radius 1 is 0.528 bits per heavy atom. The molecule has 2 saturated carbocycles. The Morgan fingerprint density at radius 2 is 0.933 bits per heavy atom. The zero-order chi connectivity index (χ0) is 63.0. The molecule has 6 fully saturated rings. The van der Waals surface area contributed by atoms with Crippen LogP contribution in [0.3, 0.4) is 0 Å². The zero-order valence-electron chi connectivity index (χ0n) is 49.4. The van der Waals surface area contributed by atoms with Gasteiger partial charge in [-0.2, -0.15) is 56.2 Å². The number of alkyl halides is 6. The number of carbonyl (C=O) groups excluding carboxylic acids is 3. The molecule has 3 N–H and O–H groups in total. The molecule has 26 heteroatoms. The van der Waals surface area contributed by atoms with Crippen molar-refractivity contribution >= 4 is 53.0 Å². The molecule has 6 aliphatic rings. The van der Waals surface area contributed by atoms with Crippen LogP contribution in [0.5, 0.6) is 12.0 Å². The number of amides is 3. The minimum Gasteiger partial charge on any atom is -0.454 e. The van der Waals surface area contributed by atoms with E-state index in [4.69, 9.17) is 37.4 Å². The minimum absolute atomic E-state index is 0.00624. The molecule has 2 spiro atoms. The van der Waals surface area contributed by atoms with Gasteiger partial charge in [-0.25, -0.2) is 4.79 Å². The molecule has 6 aromatic rings. The topological polar surface area (TPSA) is 202 Å². The van der Waals surface area contributed by atoms with Crippen molar-refractivity contribution in [3.8, 4) is 12.0 Å². The quantitative estimate of drug-likeness (QED) is 0.0772. The van der Waals surface area contributed by atoms with Crippen molar-refractivity contribution < 1.29 is 54.9 Å². The van der Waals surface area contributed by atoms with Crippen molar-refractivity contribution in [2.45, 2.75) is 114 Å². The van der Waals surface area contributed by atoms with Crippen LogP contribution in [-0.2, 0) is 28.7 Å². The smallest absolute Gasteiger partial charge is 0.422 e. The molecular formula is C63H68Cl2F6N12O6. The number of ether oxygens (including phenoxy) is 3. The van der Waals surface area contributed by atoms with E-state index in [1.807, 2.05) is 67.0 Å². The van der Waals surface area contributed by atoms with E-state index >= 15 is 0 Å². The molecule has 4 saturated heterocycles. The molecule has 2 unspecified atom stereocenters. The van der Waals surface area contributed by atoms with Crippen LogP contribution in [0.15, 0.2) is 97.1 Å². The van der Waals surface area contributed by atoms with E-state index in [-0.39, 0.29) is 65.1 Å². The third-order valence-electron chi connectivity index (χ3n) is 17.0. The third-order valence-corrected chi connectivity index (χ3v) is 17.6.